The highest BCUT2D eigenvalue weighted by atomic mass is 32.1. The first-order valence-corrected chi connectivity index (χ1v) is 5.55. The zero-order valence-electron chi connectivity index (χ0n) is 8.53. The van der Waals surface area contributed by atoms with E-state index in [-0.39, 0.29) is 6.04 Å². The summed E-state index contributed by atoms with van der Waals surface area (Å²) < 4.78 is 0. The van der Waals surface area contributed by atoms with Gasteiger partial charge in [-0.05, 0) is 42.9 Å². The van der Waals surface area contributed by atoms with Gasteiger partial charge in [-0.3, -0.25) is 0 Å². The predicted octanol–water partition coefficient (Wildman–Crippen LogP) is 2.09. The molecule has 0 spiro atoms. The van der Waals surface area contributed by atoms with E-state index in [1.807, 2.05) is 0 Å². The monoisotopic (exact) mass is 198 g/mol. The third-order valence-electron chi connectivity index (χ3n) is 2.32. The molecule has 2 atom stereocenters. The Hall–Kier alpha value is -0.380. The predicted molar refractivity (Wildman–Crippen MR) is 59.0 cm³/mol. The van der Waals surface area contributed by atoms with Crippen LogP contribution in [0.1, 0.15) is 24.9 Å². The molecule has 0 fully saturated rings. The highest BCUT2D eigenvalue weighted by molar-refractivity contribution is 7.07. The standard InChI is InChI=1S/C10H18N2S/c1-4-9(11)10(12(2)3)8-5-6-13-7-8/h5-7,9-10H,4,11H2,1-3H3. The lowest BCUT2D eigenvalue weighted by molar-refractivity contribution is 0.254. The minimum absolute atomic E-state index is 0.226. The van der Waals surface area contributed by atoms with Crippen LogP contribution in [0.4, 0.5) is 0 Å². The van der Waals surface area contributed by atoms with E-state index in [1.54, 1.807) is 11.3 Å². The highest BCUT2D eigenvalue weighted by Crippen LogP contribution is 2.24. The van der Waals surface area contributed by atoms with E-state index in [9.17, 15) is 0 Å². The van der Waals surface area contributed by atoms with Crippen LogP contribution in [0, 0.1) is 0 Å². The molecule has 13 heavy (non-hydrogen) atoms. The molecule has 0 amide bonds. The number of rotatable bonds is 4. The lowest BCUT2D eigenvalue weighted by Gasteiger charge is -2.28. The normalized spacial score (nSPS) is 16.1. The van der Waals surface area contributed by atoms with Crippen molar-refractivity contribution in [2.24, 2.45) is 5.73 Å². The smallest absolute Gasteiger partial charge is 0.0502 e. The van der Waals surface area contributed by atoms with Crippen LogP contribution in [0.5, 0.6) is 0 Å². The van der Waals surface area contributed by atoms with E-state index in [4.69, 9.17) is 5.73 Å². The van der Waals surface area contributed by atoms with Gasteiger partial charge >= 0.3 is 0 Å². The summed E-state index contributed by atoms with van der Waals surface area (Å²) >= 11 is 1.73. The van der Waals surface area contributed by atoms with Gasteiger partial charge in [0.25, 0.3) is 0 Å². The summed E-state index contributed by atoms with van der Waals surface area (Å²) in [5, 5.41) is 4.29. The maximum absolute atomic E-state index is 6.07. The first kappa shape index (κ1) is 10.7. The van der Waals surface area contributed by atoms with Crippen LogP contribution < -0.4 is 5.73 Å². The van der Waals surface area contributed by atoms with Crippen LogP contribution >= 0.6 is 11.3 Å². The summed E-state index contributed by atoms with van der Waals surface area (Å²) in [5.74, 6) is 0. The second kappa shape index (κ2) is 4.74. The van der Waals surface area contributed by atoms with Crippen LogP contribution in [-0.4, -0.2) is 25.0 Å². The molecule has 1 heterocycles. The number of hydrogen-bond donors (Lipinski definition) is 1. The summed E-state index contributed by atoms with van der Waals surface area (Å²) in [6.45, 7) is 2.13. The molecule has 1 aromatic rings. The molecule has 0 aliphatic heterocycles. The number of nitrogens with zero attached hydrogens (tertiary/aromatic N) is 1. The summed E-state index contributed by atoms with van der Waals surface area (Å²) in [6, 6.07) is 2.74. The zero-order valence-corrected chi connectivity index (χ0v) is 9.34. The molecule has 74 valence electrons. The third kappa shape index (κ3) is 2.53. The molecular weight excluding hydrogens is 180 g/mol. The third-order valence-corrected chi connectivity index (χ3v) is 3.02. The molecule has 0 saturated heterocycles. The number of thiophene rings is 1. The van der Waals surface area contributed by atoms with E-state index in [2.05, 4.69) is 42.7 Å². The van der Waals surface area contributed by atoms with Gasteiger partial charge in [-0.25, -0.2) is 0 Å². The molecule has 2 N–H and O–H groups in total. The molecule has 2 nitrogen and oxygen atoms in total. The topological polar surface area (TPSA) is 29.3 Å². The van der Waals surface area contributed by atoms with Gasteiger partial charge in [-0.15, -0.1) is 0 Å². The Labute approximate surface area is 84.4 Å². The number of hydrogen-bond acceptors (Lipinski definition) is 3. The average molecular weight is 198 g/mol. The van der Waals surface area contributed by atoms with Gasteiger partial charge in [0.1, 0.15) is 0 Å². The number of nitrogens with two attached hydrogens (primary N) is 1. The second-order valence-corrected chi connectivity index (χ2v) is 4.32. The van der Waals surface area contributed by atoms with Gasteiger partial charge in [-0.2, -0.15) is 11.3 Å². The molecular formula is C10H18N2S. The maximum Gasteiger partial charge on any atom is 0.0502 e. The first-order valence-electron chi connectivity index (χ1n) is 4.61. The largest absolute Gasteiger partial charge is 0.326 e. The lowest BCUT2D eigenvalue weighted by Crippen LogP contribution is -2.36. The van der Waals surface area contributed by atoms with Crippen molar-refractivity contribution >= 4 is 11.3 Å². The van der Waals surface area contributed by atoms with Gasteiger partial charge in [-0.1, -0.05) is 6.92 Å². The Morgan fingerprint density at radius 1 is 1.54 bits per heavy atom. The SMILES string of the molecule is CCC(N)C(c1ccsc1)N(C)C. The van der Waals surface area contributed by atoms with Crippen LogP contribution in [-0.2, 0) is 0 Å². The van der Waals surface area contributed by atoms with Crippen molar-refractivity contribution in [1.29, 1.82) is 0 Å². The molecule has 2 unspecified atom stereocenters. The van der Waals surface area contributed by atoms with Crippen molar-refractivity contribution in [1.82, 2.24) is 4.90 Å². The van der Waals surface area contributed by atoms with E-state index < -0.39 is 0 Å². The van der Waals surface area contributed by atoms with Crippen molar-refractivity contribution in [2.75, 3.05) is 14.1 Å². The Kier molecular flexibility index (Phi) is 3.90. The maximum atomic E-state index is 6.07. The van der Waals surface area contributed by atoms with Gasteiger partial charge in [0.2, 0.25) is 0 Å². The molecule has 1 aromatic heterocycles. The van der Waals surface area contributed by atoms with Crippen LogP contribution in [0.15, 0.2) is 16.8 Å². The van der Waals surface area contributed by atoms with Crippen LogP contribution in [0.3, 0.4) is 0 Å². The van der Waals surface area contributed by atoms with Gasteiger partial charge in [0, 0.05) is 6.04 Å². The van der Waals surface area contributed by atoms with Crippen LogP contribution in [0.25, 0.3) is 0 Å². The Morgan fingerprint density at radius 3 is 2.62 bits per heavy atom. The molecule has 0 radical (unpaired) electrons. The van der Waals surface area contributed by atoms with Gasteiger partial charge in [0.05, 0.1) is 6.04 Å². The fourth-order valence-electron chi connectivity index (χ4n) is 1.59. The minimum atomic E-state index is 0.226. The Morgan fingerprint density at radius 2 is 2.23 bits per heavy atom. The van der Waals surface area contributed by atoms with Crippen molar-refractivity contribution in [2.45, 2.75) is 25.4 Å². The van der Waals surface area contributed by atoms with E-state index in [0.29, 0.717) is 6.04 Å². The quantitative estimate of drug-likeness (QED) is 0.802. The Balaban J connectivity index is 2.80. The summed E-state index contributed by atoms with van der Waals surface area (Å²) in [5.41, 5.74) is 7.41. The number of likely N-dealkylation sites (N-methyl/N-ethyl adjacent to an activating group) is 1. The second-order valence-electron chi connectivity index (χ2n) is 3.54. The zero-order chi connectivity index (χ0) is 9.84. The van der Waals surface area contributed by atoms with Crippen LogP contribution in [0.2, 0.25) is 0 Å². The minimum Gasteiger partial charge on any atom is -0.326 e. The fraction of sp³-hybridized carbons (Fsp3) is 0.600. The summed E-state index contributed by atoms with van der Waals surface area (Å²) in [7, 11) is 4.16. The van der Waals surface area contributed by atoms with E-state index in [1.165, 1.54) is 5.56 Å². The van der Waals surface area contributed by atoms with Crippen molar-refractivity contribution in [3.8, 4) is 0 Å². The summed E-state index contributed by atoms with van der Waals surface area (Å²) in [4.78, 5) is 2.19. The molecule has 0 saturated carbocycles. The van der Waals surface area contributed by atoms with Crippen molar-refractivity contribution in [3.63, 3.8) is 0 Å². The van der Waals surface area contributed by atoms with Gasteiger partial charge in [0.15, 0.2) is 0 Å². The van der Waals surface area contributed by atoms with E-state index in [0.717, 1.165) is 6.42 Å². The Bertz CT molecular complexity index is 231. The summed E-state index contributed by atoms with van der Waals surface area (Å²) in [6.07, 6.45) is 1.01. The molecule has 1 rings (SSSR count). The molecule has 0 aromatic carbocycles. The molecule has 0 bridgehead atoms. The van der Waals surface area contributed by atoms with Crippen molar-refractivity contribution < 1.29 is 0 Å². The highest BCUT2D eigenvalue weighted by Gasteiger charge is 2.20. The molecule has 3 heteroatoms. The average Bonchev–Trinajstić information content (AvgIpc) is 2.56. The first-order chi connectivity index (χ1) is 6.16. The van der Waals surface area contributed by atoms with E-state index >= 15 is 0 Å². The fourth-order valence-corrected chi connectivity index (χ4v) is 2.28. The lowest BCUT2D eigenvalue weighted by atomic mass is 10.00. The molecule has 0 aliphatic carbocycles. The van der Waals surface area contributed by atoms with Crippen molar-refractivity contribution in [3.05, 3.63) is 22.4 Å². The molecule has 0 aliphatic rings. The van der Waals surface area contributed by atoms with Gasteiger partial charge < -0.3 is 10.6 Å².